The van der Waals surface area contributed by atoms with E-state index in [1.165, 1.54) is 18.4 Å². The van der Waals surface area contributed by atoms with Gasteiger partial charge in [-0.3, -0.25) is 9.48 Å². The van der Waals surface area contributed by atoms with Crippen LogP contribution in [0.25, 0.3) is 0 Å². The second-order valence-electron chi connectivity index (χ2n) is 6.23. The number of anilines is 1. The molecular formula is C19H27N5O3S2. The minimum Gasteiger partial charge on any atom is -0.465 e. The molecule has 0 atom stereocenters. The van der Waals surface area contributed by atoms with E-state index in [-0.39, 0.29) is 5.91 Å². The molecule has 8 nitrogen and oxygen atoms in total. The van der Waals surface area contributed by atoms with Crippen LogP contribution in [-0.2, 0) is 11.3 Å². The molecule has 0 aromatic carbocycles. The highest BCUT2D eigenvalue weighted by molar-refractivity contribution is 7.80. The molecule has 2 rings (SSSR count). The average Bonchev–Trinajstić information content (AvgIpc) is 3.33. The molecule has 2 aromatic rings. The average molecular weight is 438 g/mol. The van der Waals surface area contributed by atoms with E-state index < -0.39 is 5.97 Å². The van der Waals surface area contributed by atoms with Gasteiger partial charge < -0.3 is 20.3 Å². The Balaban J connectivity index is 2.09. The summed E-state index contributed by atoms with van der Waals surface area (Å²) in [5, 5.41) is 11.2. The van der Waals surface area contributed by atoms with E-state index in [1.807, 2.05) is 30.8 Å². The molecule has 158 valence electrons. The first-order valence-corrected chi connectivity index (χ1v) is 10.7. The lowest BCUT2D eigenvalue weighted by molar-refractivity contribution is 0.0601. The Morgan fingerprint density at radius 1 is 1.34 bits per heavy atom. The fourth-order valence-electron chi connectivity index (χ4n) is 2.83. The minimum absolute atomic E-state index is 0.103. The first-order valence-electron chi connectivity index (χ1n) is 9.46. The summed E-state index contributed by atoms with van der Waals surface area (Å²) in [6, 6.07) is 1.88. The number of ether oxygens (including phenoxy) is 1. The number of thiocarbonyl (C=S) groups is 1. The lowest BCUT2D eigenvalue weighted by Gasteiger charge is -2.17. The number of hydrogen-bond acceptors (Lipinski definition) is 6. The third kappa shape index (κ3) is 5.77. The highest BCUT2D eigenvalue weighted by Gasteiger charge is 2.27. The van der Waals surface area contributed by atoms with Crippen molar-refractivity contribution < 1.29 is 14.3 Å². The van der Waals surface area contributed by atoms with Crippen molar-refractivity contribution in [3.05, 3.63) is 34.5 Å². The molecule has 0 spiro atoms. The van der Waals surface area contributed by atoms with Gasteiger partial charge in [0.05, 0.1) is 17.6 Å². The third-order valence-corrected chi connectivity index (χ3v) is 5.86. The molecule has 29 heavy (non-hydrogen) atoms. The number of aryl methyl sites for hydroxylation is 1. The van der Waals surface area contributed by atoms with Crippen molar-refractivity contribution >= 4 is 45.5 Å². The van der Waals surface area contributed by atoms with Crippen molar-refractivity contribution in [3.8, 4) is 0 Å². The van der Waals surface area contributed by atoms with E-state index in [2.05, 4.69) is 15.7 Å². The first kappa shape index (κ1) is 22.8. The summed E-state index contributed by atoms with van der Waals surface area (Å²) in [5.41, 5.74) is 0.941. The molecule has 0 fully saturated rings. The van der Waals surface area contributed by atoms with Crippen LogP contribution in [0.15, 0.2) is 18.5 Å². The summed E-state index contributed by atoms with van der Waals surface area (Å²) >= 11 is 6.58. The smallest absolute Gasteiger partial charge is 0.341 e. The molecule has 0 saturated heterocycles. The number of nitrogens with zero attached hydrogens (tertiary/aromatic N) is 3. The number of esters is 1. The van der Waals surface area contributed by atoms with Crippen LogP contribution >= 0.6 is 23.6 Å². The van der Waals surface area contributed by atoms with Crippen molar-refractivity contribution in [2.24, 2.45) is 0 Å². The van der Waals surface area contributed by atoms with Gasteiger partial charge in [0, 0.05) is 38.6 Å². The van der Waals surface area contributed by atoms with Gasteiger partial charge in [-0.05, 0) is 51.0 Å². The molecule has 2 aromatic heterocycles. The molecule has 0 aliphatic heterocycles. The SMILES string of the molecule is CCN(CC)C(=O)c1sc(NC(=S)NCCCn2cccn2)c(C(=O)OC)c1C. The van der Waals surface area contributed by atoms with Gasteiger partial charge in [0.25, 0.3) is 5.91 Å². The Labute approximate surface area is 180 Å². The van der Waals surface area contributed by atoms with Crippen LogP contribution in [0.4, 0.5) is 5.00 Å². The Morgan fingerprint density at radius 3 is 2.66 bits per heavy atom. The molecule has 2 N–H and O–H groups in total. The van der Waals surface area contributed by atoms with Gasteiger partial charge in [0.15, 0.2) is 5.11 Å². The zero-order chi connectivity index (χ0) is 21.4. The first-order chi connectivity index (χ1) is 13.9. The summed E-state index contributed by atoms with van der Waals surface area (Å²) in [4.78, 5) is 27.4. The summed E-state index contributed by atoms with van der Waals surface area (Å²) in [6.07, 6.45) is 4.48. The van der Waals surface area contributed by atoms with E-state index >= 15 is 0 Å². The number of nitrogens with one attached hydrogen (secondary N) is 2. The molecule has 10 heteroatoms. The van der Waals surface area contributed by atoms with Gasteiger partial charge in [0.2, 0.25) is 0 Å². The van der Waals surface area contributed by atoms with Crippen molar-refractivity contribution in [2.45, 2.75) is 33.7 Å². The normalized spacial score (nSPS) is 10.5. The van der Waals surface area contributed by atoms with E-state index in [9.17, 15) is 9.59 Å². The molecule has 0 saturated carbocycles. The van der Waals surface area contributed by atoms with Gasteiger partial charge in [-0.2, -0.15) is 5.10 Å². The standard InChI is InChI=1S/C19H27N5O3S2/c1-5-23(6-2)17(25)15-13(3)14(18(26)27-4)16(29-15)22-19(28)20-9-7-11-24-12-8-10-21-24/h8,10,12H,5-7,9,11H2,1-4H3,(H2,20,22,28). The molecule has 2 heterocycles. The van der Waals surface area contributed by atoms with Gasteiger partial charge in [-0.1, -0.05) is 0 Å². The van der Waals surface area contributed by atoms with E-state index in [0.717, 1.165) is 13.0 Å². The van der Waals surface area contributed by atoms with Crippen molar-refractivity contribution in [3.63, 3.8) is 0 Å². The number of rotatable bonds is 9. The van der Waals surface area contributed by atoms with E-state index in [0.29, 0.717) is 45.8 Å². The molecule has 0 bridgehead atoms. The molecule has 1 amide bonds. The number of hydrogen-bond donors (Lipinski definition) is 2. The summed E-state index contributed by atoms with van der Waals surface area (Å²) < 4.78 is 6.76. The lowest BCUT2D eigenvalue weighted by Crippen LogP contribution is -2.30. The Kier molecular flexibility index (Phi) is 8.59. The maximum Gasteiger partial charge on any atom is 0.341 e. The molecule has 0 unspecified atom stereocenters. The second-order valence-corrected chi connectivity index (χ2v) is 7.66. The Hall–Kier alpha value is -2.46. The van der Waals surface area contributed by atoms with Crippen molar-refractivity contribution in [2.75, 3.05) is 32.1 Å². The fraction of sp³-hybridized carbons (Fsp3) is 0.474. The predicted octanol–water partition coefficient (Wildman–Crippen LogP) is 2.90. The van der Waals surface area contributed by atoms with Crippen molar-refractivity contribution in [1.29, 1.82) is 0 Å². The topological polar surface area (TPSA) is 88.5 Å². The van der Waals surface area contributed by atoms with Gasteiger partial charge in [0.1, 0.15) is 5.00 Å². The van der Waals surface area contributed by atoms with Crippen LogP contribution in [0.3, 0.4) is 0 Å². The molecular weight excluding hydrogens is 410 g/mol. The monoisotopic (exact) mass is 437 g/mol. The summed E-state index contributed by atoms with van der Waals surface area (Å²) in [6.45, 7) is 8.22. The number of carbonyl (C=O) groups is 2. The number of carbonyl (C=O) groups excluding carboxylic acids is 2. The largest absolute Gasteiger partial charge is 0.465 e. The Morgan fingerprint density at radius 2 is 2.07 bits per heavy atom. The molecule has 0 aliphatic carbocycles. The molecule has 0 aliphatic rings. The van der Waals surface area contributed by atoms with Crippen LogP contribution < -0.4 is 10.6 Å². The predicted molar refractivity (Wildman–Crippen MR) is 119 cm³/mol. The van der Waals surface area contributed by atoms with Crippen LogP contribution in [0.2, 0.25) is 0 Å². The van der Waals surface area contributed by atoms with E-state index in [1.54, 1.807) is 18.0 Å². The Bertz CT molecular complexity index is 844. The third-order valence-electron chi connectivity index (χ3n) is 4.42. The van der Waals surface area contributed by atoms with Crippen LogP contribution in [0, 0.1) is 6.92 Å². The van der Waals surface area contributed by atoms with Gasteiger partial charge in [-0.15, -0.1) is 11.3 Å². The van der Waals surface area contributed by atoms with Crippen LogP contribution in [-0.4, -0.2) is 58.4 Å². The highest BCUT2D eigenvalue weighted by Crippen LogP contribution is 2.34. The summed E-state index contributed by atoms with van der Waals surface area (Å²) in [7, 11) is 1.32. The number of methoxy groups -OCH3 is 1. The van der Waals surface area contributed by atoms with E-state index in [4.69, 9.17) is 17.0 Å². The van der Waals surface area contributed by atoms with Crippen LogP contribution in [0.1, 0.15) is 45.9 Å². The maximum atomic E-state index is 12.8. The highest BCUT2D eigenvalue weighted by atomic mass is 32.1. The van der Waals surface area contributed by atoms with Crippen molar-refractivity contribution in [1.82, 2.24) is 20.0 Å². The zero-order valence-electron chi connectivity index (χ0n) is 17.2. The lowest BCUT2D eigenvalue weighted by atomic mass is 10.1. The summed E-state index contributed by atoms with van der Waals surface area (Å²) in [5.74, 6) is -0.602. The fourth-order valence-corrected chi connectivity index (χ4v) is 4.27. The maximum absolute atomic E-state index is 12.8. The minimum atomic E-state index is -0.499. The quantitative estimate of drug-likeness (QED) is 0.354. The van der Waals surface area contributed by atoms with Gasteiger partial charge in [-0.25, -0.2) is 4.79 Å². The van der Waals surface area contributed by atoms with Gasteiger partial charge >= 0.3 is 5.97 Å². The number of aromatic nitrogens is 2. The van der Waals surface area contributed by atoms with Crippen LogP contribution in [0.5, 0.6) is 0 Å². The number of amides is 1. The molecule has 0 radical (unpaired) electrons. The second kappa shape index (κ2) is 10.9. The number of thiophene rings is 1. The zero-order valence-corrected chi connectivity index (χ0v) is 18.8.